The maximum atomic E-state index is 9.48. The minimum absolute atomic E-state index is 0.781. The molecule has 1 heteroatoms. The maximum Gasteiger partial charge on any atom is 0.142 e. The van der Waals surface area contributed by atoms with Crippen molar-refractivity contribution >= 4 is 6.29 Å². The molecule has 0 rings (SSSR count). The Morgan fingerprint density at radius 2 is 2.33 bits per heavy atom. The van der Waals surface area contributed by atoms with E-state index in [4.69, 9.17) is 0 Å². The molecule has 0 saturated carbocycles. The highest BCUT2D eigenvalue weighted by Crippen LogP contribution is 1.72. The summed E-state index contributed by atoms with van der Waals surface area (Å²) >= 11 is 0. The molecule has 0 atom stereocenters. The fraction of sp³-hybridized carbons (Fsp3) is 0.400. The van der Waals surface area contributed by atoms with Crippen molar-refractivity contribution in [1.29, 1.82) is 0 Å². The zero-order valence-electron chi connectivity index (χ0n) is 3.85. The van der Waals surface area contributed by atoms with E-state index in [1.807, 2.05) is 13.0 Å². The Kier molecular flexibility index (Phi) is 3.98. The first-order chi connectivity index (χ1) is 2.91. The number of hydrogen-bond donors (Lipinski definition) is 0. The summed E-state index contributed by atoms with van der Waals surface area (Å²) in [5.74, 6) is 0. The summed E-state index contributed by atoms with van der Waals surface area (Å²) in [5, 5.41) is 0. The first-order valence-corrected chi connectivity index (χ1v) is 2.02. The van der Waals surface area contributed by atoms with Gasteiger partial charge >= 0.3 is 0 Å². The summed E-state index contributed by atoms with van der Waals surface area (Å²) < 4.78 is 0. The summed E-state index contributed by atoms with van der Waals surface area (Å²) in [5.41, 5.74) is 0. The van der Waals surface area contributed by atoms with Gasteiger partial charge in [0.15, 0.2) is 0 Å². The number of rotatable bonds is 2. The largest absolute Gasteiger partial charge is 0.299 e. The SMILES string of the molecule is CCC=CC=O. The summed E-state index contributed by atoms with van der Waals surface area (Å²) in [6.07, 6.45) is 5.04. The van der Waals surface area contributed by atoms with Gasteiger partial charge in [0.25, 0.3) is 0 Å². The monoisotopic (exact) mass is 84.1 g/mol. The van der Waals surface area contributed by atoms with Crippen LogP contribution in [0, 0.1) is 0 Å². The van der Waals surface area contributed by atoms with Gasteiger partial charge in [0.2, 0.25) is 0 Å². The molecule has 0 unspecified atom stereocenters. The van der Waals surface area contributed by atoms with Crippen molar-refractivity contribution in [3.8, 4) is 0 Å². The van der Waals surface area contributed by atoms with Gasteiger partial charge in [-0.1, -0.05) is 13.0 Å². The van der Waals surface area contributed by atoms with Crippen LogP contribution in [-0.2, 0) is 4.79 Å². The van der Waals surface area contributed by atoms with Gasteiger partial charge in [-0.2, -0.15) is 0 Å². The second-order valence-electron chi connectivity index (χ2n) is 0.972. The van der Waals surface area contributed by atoms with E-state index in [0.717, 1.165) is 12.7 Å². The van der Waals surface area contributed by atoms with Gasteiger partial charge in [-0.3, -0.25) is 4.79 Å². The standard InChI is InChI=1S/C5H8O/c1-2-3-4-5-6/h3-5H,2H2,1H3. The molecule has 0 spiro atoms. The molecule has 0 N–H and O–H groups in total. The minimum atomic E-state index is 0.781. The molecule has 0 aromatic rings. The van der Waals surface area contributed by atoms with Gasteiger partial charge in [0.05, 0.1) is 0 Å². The predicted molar refractivity (Wildman–Crippen MR) is 25.5 cm³/mol. The summed E-state index contributed by atoms with van der Waals surface area (Å²) in [6, 6.07) is 0. The van der Waals surface area contributed by atoms with Crippen LogP contribution in [0.1, 0.15) is 13.3 Å². The van der Waals surface area contributed by atoms with Gasteiger partial charge in [-0.05, 0) is 12.5 Å². The molecular formula is C5H8O. The van der Waals surface area contributed by atoms with E-state index in [0.29, 0.717) is 0 Å². The second kappa shape index (κ2) is 4.41. The Morgan fingerprint density at radius 1 is 1.67 bits per heavy atom. The van der Waals surface area contributed by atoms with E-state index >= 15 is 0 Å². The molecule has 0 bridgehead atoms. The molecule has 0 aliphatic rings. The smallest absolute Gasteiger partial charge is 0.142 e. The quantitative estimate of drug-likeness (QED) is 0.362. The fourth-order valence-electron chi connectivity index (χ4n) is 0.192. The summed E-state index contributed by atoms with van der Waals surface area (Å²) in [6.45, 7) is 1.99. The molecule has 0 saturated heterocycles. The van der Waals surface area contributed by atoms with Gasteiger partial charge in [-0.25, -0.2) is 0 Å². The predicted octanol–water partition coefficient (Wildman–Crippen LogP) is 1.15. The molecule has 0 aromatic carbocycles. The highest BCUT2D eigenvalue weighted by Gasteiger charge is 1.58. The van der Waals surface area contributed by atoms with Crippen molar-refractivity contribution in [2.75, 3.05) is 0 Å². The van der Waals surface area contributed by atoms with Crippen molar-refractivity contribution in [3.63, 3.8) is 0 Å². The van der Waals surface area contributed by atoms with E-state index in [1.165, 1.54) is 6.08 Å². The Labute approximate surface area is 37.7 Å². The maximum absolute atomic E-state index is 9.48. The number of hydrogen-bond acceptors (Lipinski definition) is 1. The van der Waals surface area contributed by atoms with Gasteiger partial charge < -0.3 is 0 Å². The van der Waals surface area contributed by atoms with Crippen LogP contribution in [-0.4, -0.2) is 6.29 Å². The Morgan fingerprint density at radius 3 is 2.50 bits per heavy atom. The van der Waals surface area contributed by atoms with Gasteiger partial charge in [0, 0.05) is 0 Å². The minimum Gasteiger partial charge on any atom is -0.299 e. The fourth-order valence-corrected chi connectivity index (χ4v) is 0.192. The number of carbonyl (C=O) groups excluding carboxylic acids is 1. The zero-order valence-corrected chi connectivity index (χ0v) is 3.85. The molecule has 34 valence electrons. The van der Waals surface area contributed by atoms with E-state index in [1.54, 1.807) is 0 Å². The average molecular weight is 84.1 g/mol. The topological polar surface area (TPSA) is 17.1 Å². The molecule has 0 radical (unpaired) electrons. The third kappa shape index (κ3) is 3.41. The molecule has 1 nitrogen and oxygen atoms in total. The van der Waals surface area contributed by atoms with Crippen molar-refractivity contribution in [1.82, 2.24) is 0 Å². The van der Waals surface area contributed by atoms with Crippen molar-refractivity contribution in [2.45, 2.75) is 13.3 Å². The lowest BCUT2D eigenvalue weighted by atomic mass is 10.4. The Hall–Kier alpha value is -0.590. The lowest BCUT2D eigenvalue weighted by molar-refractivity contribution is -0.104. The summed E-state index contributed by atoms with van der Waals surface area (Å²) in [7, 11) is 0. The number of carbonyl (C=O) groups is 1. The lowest BCUT2D eigenvalue weighted by Gasteiger charge is -1.65. The number of aldehydes is 1. The van der Waals surface area contributed by atoms with Crippen molar-refractivity contribution in [3.05, 3.63) is 12.2 Å². The molecule has 0 aliphatic carbocycles. The van der Waals surface area contributed by atoms with Crippen molar-refractivity contribution in [2.24, 2.45) is 0 Å². The highest BCUT2D eigenvalue weighted by molar-refractivity contribution is 5.64. The van der Waals surface area contributed by atoms with E-state index in [-0.39, 0.29) is 0 Å². The average Bonchev–Trinajstić information content (AvgIpc) is 1.61. The first kappa shape index (κ1) is 5.41. The third-order valence-electron chi connectivity index (χ3n) is 0.450. The molecule has 6 heavy (non-hydrogen) atoms. The van der Waals surface area contributed by atoms with Gasteiger partial charge in [-0.15, -0.1) is 0 Å². The van der Waals surface area contributed by atoms with Crippen LogP contribution in [0.15, 0.2) is 12.2 Å². The number of allylic oxidation sites excluding steroid dienone is 2. The van der Waals surface area contributed by atoms with Crippen LogP contribution in [0.3, 0.4) is 0 Å². The highest BCUT2D eigenvalue weighted by atomic mass is 16.1. The zero-order chi connectivity index (χ0) is 4.83. The van der Waals surface area contributed by atoms with Crippen LogP contribution in [0.4, 0.5) is 0 Å². The second-order valence-corrected chi connectivity index (χ2v) is 0.972. The van der Waals surface area contributed by atoms with Crippen LogP contribution < -0.4 is 0 Å². The Bertz CT molecular complexity index is 55.0. The van der Waals surface area contributed by atoms with Crippen LogP contribution >= 0.6 is 0 Å². The van der Waals surface area contributed by atoms with E-state index < -0.39 is 0 Å². The lowest BCUT2D eigenvalue weighted by Crippen LogP contribution is -1.55. The molecule has 0 aromatic heterocycles. The molecule has 0 amide bonds. The van der Waals surface area contributed by atoms with E-state index in [2.05, 4.69) is 0 Å². The Balaban J connectivity index is 2.94. The summed E-state index contributed by atoms with van der Waals surface area (Å²) in [4.78, 5) is 9.48. The molecule has 0 heterocycles. The third-order valence-corrected chi connectivity index (χ3v) is 0.450. The van der Waals surface area contributed by atoms with E-state index in [9.17, 15) is 4.79 Å². The van der Waals surface area contributed by atoms with Crippen LogP contribution in [0.25, 0.3) is 0 Å². The molecule has 0 aliphatic heterocycles. The van der Waals surface area contributed by atoms with Crippen molar-refractivity contribution < 1.29 is 4.79 Å². The van der Waals surface area contributed by atoms with Crippen LogP contribution in [0.5, 0.6) is 0 Å². The molecular weight excluding hydrogens is 76.1 g/mol. The molecule has 0 fully saturated rings. The first-order valence-electron chi connectivity index (χ1n) is 2.02. The normalized spacial score (nSPS) is 9.50. The van der Waals surface area contributed by atoms with Gasteiger partial charge in [0.1, 0.15) is 6.29 Å². The van der Waals surface area contributed by atoms with Crippen LogP contribution in [0.2, 0.25) is 0 Å².